The second-order valence-electron chi connectivity index (χ2n) is 6.60. The molecule has 0 saturated heterocycles. The van der Waals surface area contributed by atoms with Gasteiger partial charge in [0.05, 0.1) is 23.5 Å². The van der Waals surface area contributed by atoms with E-state index in [2.05, 4.69) is 25.7 Å². The molecule has 0 radical (unpaired) electrons. The third-order valence-corrected chi connectivity index (χ3v) is 4.84. The summed E-state index contributed by atoms with van der Waals surface area (Å²) in [5, 5.41) is 9.74. The first-order valence-electron chi connectivity index (χ1n) is 9.07. The van der Waals surface area contributed by atoms with E-state index in [9.17, 15) is 13.6 Å². The van der Waals surface area contributed by atoms with Gasteiger partial charge in [0.15, 0.2) is 11.4 Å². The summed E-state index contributed by atoms with van der Waals surface area (Å²) in [7, 11) is 3.07. The molecule has 11 heteroatoms. The van der Waals surface area contributed by atoms with Crippen LogP contribution in [-0.2, 0) is 7.05 Å². The van der Waals surface area contributed by atoms with Gasteiger partial charge in [0.25, 0.3) is 12.0 Å². The minimum Gasteiger partial charge on any atom is -0.493 e. The highest BCUT2D eigenvalue weighted by Gasteiger charge is 2.16. The molecule has 0 amide bonds. The van der Waals surface area contributed by atoms with Crippen LogP contribution in [0.5, 0.6) is 5.75 Å². The fourth-order valence-electron chi connectivity index (χ4n) is 3.08. The van der Waals surface area contributed by atoms with Gasteiger partial charge in [-0.25, -0.2) is 18.7 Å². The van der Waals surface area contributed by atoms with Crippen LogP contribution >= 0.6 is 11.6 Å². The summed E-state index contributed by atoms with van der Waals surface area (Å²) in [6.07, 6.45) is -1.51. The van der Waals surface area contributed by atoms with Crippen molar-refractivity contribution in [2.24, 2.45) is 7.05 Å². The van der Waals surface area contributed by atoms with Crippen LogP contribution in [0.15, 0.2) is 47.4 Å². The van der Waals surface area contributed by atoms with Crippen molar-refractivity contribution in [1.29, 1.82) is 0 Å². The number of H-pyrrole nitrogens is 1. The molecule has 0 saturated carbocycles. The fraction of sp³-hybridized carbons (Fsp3) is 0.150. The molecular weight excluding hydrogens is 430 g/mol. The quantitative estimate of drug-likeness (QED) is 0.395. The molecule has 31 heavy (non-hydrogen) atoms. The molecule has 0 spiro atoms. The van der Waals surface area contributed by atoms with Crippen molar-refractivity contribution in [3.05, 3.63) is 63.5 Å². The molecule has 0 aliphatic heterocycles. The number of hydrogen-bond acceptors (Lipinski definition) is 6. The molecule has 4 rings (SSSR count). The lowest BCUT2D eigenvalue weighted by Gasteiger charge is -2.14. The standard InChI is InChI=1S/C20H17ClF2N6O2/c1-29-20(30)16-13(25-12-5-3-4-11(21)17(12)31-2)8-15(27-19(16)28-29)26-14-7-6-10(9-24-14)18(22)23/h3-9,18H,1-2H3,(H3,24,25,26,27,28). The van der Waals surface area contributed by atoms with Crippen LogP contribution in [0.4, 0.5) is 31.8 Å². The number of pyridine rings is 2. The Bertz CT molecular complexity index is 1300. The molecule has 3 N–H and O–H groups in total. The Hall–Kier alpha value is -3.66. The van der Waals surface area contributed by atoms with E-state index in [0.717, 1.165) is 6.20 Å². The summed E-state index contributed by atoms with van der Waals surface area (Å²) in [4.78, 5) is 21.0. The molecule has 0 atom stereocenters. The molecule has 1 aromatic carbocycles. The number of ether oxygens (including phenoxy) is 1. The van der Waals surface area contributed by atoms with Gasteiger partial charge in [-0.2, -0.15) is 0 Å². The van der Waals surface area contributed by atoms with Crippen molar-refractivity contribution in [3.8, 4) is 5.75 Å². The Morgan fingerprint density at radius 1 is 1.16 bits per heavy atom. The fourth-order valence-corrected chi connectivity index (χ4v) is 3.33. The molecular formula is C20H17ClF2N6O2. The average molecular weight is 447 g/mol. The molecule has 0 fully saturated rings. The van der Waals surface area contributed by atoms with E-state index in [4.69, 9.17) is 16.3 Å². The highest BCUT2D eigenvalue weighted by atomic mass is 35.5. The number of aryl methyl sites for hydroxylation is 1. The van der Waals surface area contributed by atoms with E-state index < -0.39 is 6.43 Å². The Morgan fingerprint density at radius 2 is 1.97 bits per heavy atom. The predicted molar refractivity (Wildman–Crippen MR) is 115 cm³/mol. The van der Waals surface area contributed by atoms with Crippen LogP contribution in [-0.4, -0.2) is 26.9 Å². The van der Waals surface area contributed by atoms with Crippen molar-refractivity contribution >= 4 is 45.6 Å². The van der Waals surface area contributed by atoms with Gasteiger partial charge in [-0.15, -0.1) is 0 Å². The normalized spacial score (nSPS) is 11.2. The lowest BCUT2D eigenvalue weighted by molar-refractivity contribution is 0.151. The summed E-state index contributed by atoms with van der Waals surface area (Å²) >= 11 is 6.20. The van der Waals surface area contributed by atoms with Crippen molar-refractivity contribution in [2.45, 2.75) is 6.43 Å². The number of hydrogen-bond donors (Lipinski definition) is 3. The van der Waals surface area contributed by atoms with Crippen LogP contribution in [0, 0.1) is 0 Å². The summed E-state index contributed by atoms with van der Waals surface area (Å²) in [5.41, 5.74) is 0.856. The SMILES string of the molecule is COc1c(Cl)cccc1Nc1cc(Nc2ccc(C(F)F)cn2)nc2[nH]n(C)c(=O)c12. The van der Waals surface area contributed by atoms with Gasteiger partial charge in [-0.05, 0) is 24.3 Å². The number of rotatable bonds is 6. The zero-order chi connectivity index (χ0) is 22.1. The van der Waals surface area contributed by atoms with Crippen LogP contribution in [0.1, 0.15) is 12.0 Å². The van der Waals surface area contributed by atoms with Crippen molar-refractivity contribution in [2.75, 3.05) is 17.7 Å². The van der Waals surface area contributed by atoms with E-state index in [-0.39, 0.29) is 11.1 Å². The molecule has 3 aromatic heterocycles. The topological polar surface area (TPSA) is 96.9 Å². The Morgan fingerprint density at radius 3 is 2.65 bits per heavy atom. The molecule has 0 unspecified atom stereocenters. The molecule has 0 aliphatic carbocycles. The maximum atomic E-state index is 12.8. The summed E-state index contributed by atoms with van der Waals surface area (Å²) in [5.74, 6) is 1.08. The smallest absolute Gasteiger partial charge is 0.277 e. The maximum absolute atomic E-state index is 12.8. The second kappa shape index (κ2) is 8.23. The molecule has 4 aromatic rings. The van der Waals surface area contributed by atoms with Gasteiger partial charge in [0.2, 0.25) is 0 Å². The Kier molecular flexibility index (Phi) is 5.47. The van der Waals surface area contributed by atoms with E-state index >= 15 is 0 Å². The van der Waals surface area contributed by atoms with E-state index in [1.807, 2.05) is 0 Å². The van der Waals surface area contributed by atoms with E-state index in [1.54, 1.807) is 31.3 Å². The summed E-state index contributed by atoms with van der Waals surface area (Å²) in [6, 6.07) is 9.50. The number of para-hydroxylation sites is 1. The molecule has 0 bridgehead atoms. The number of nitrogens with one attached hydrogen (secondary N) is 3. The first kappa shape index (κ1) is 20.6. The van der Waals surface area contributed by atoms with E-state index in [0.29, 0.717) is 44.8 Å². The number of nitrogens with zero attached hydrogens (tertiary/aromatic N) is 3. The van der Waals surface area contributed by atoms with Crippen molar-refractivity contribution in [1.82, 2.24) is 19.7 Å². The minimum atomic E-state index is -2.60. The number of benzene rings is 1. The lowest BCUT2D eigenvalue weighted by atomic mass is 10.2. The van der Waals surface area contributed by atoms with Gasteiger partial charge >= 0.3 is 0 Å². The number of aromatic nitrogens is 4. The van der Waals surface area contributed by atoms with Crippen LogP contribution < -0.4 is 20.9 Å². The van der Waals surface area contributed by atoms with Crippen molar-refractivity contribution in [3.63, 3.8) is 0 Å². The maximum Gasteiger partial charge on any atom is 0.277 e. The lowest BCUT2D eigenvalue weighted by Crippen LogP contribution is -2.12. The van der Waals surface area contributed by atoms with E-state index in [1.165, 1.54) is 23.9 Å². The van der Waals surface area contributed by atoms with Gasteiger partial charge < -0.3 is 15.4 Å². The zero-order valence-corrected chi connectivity index (χ0v) is 17.2. The minimum absolute atomic E-state index is 0.184. The van der Waals surface area contributed by atoms with Crippen molar-refractivity contribution < 1.29 is 13.5 Å². The predicted octanol–water partition coefficient (Wildman–Crippen LogP) is 4.74. The van der Waals surface area contributed by atoms with Gasteiger partial charge in [0.1, 0.15) is 17.0 Å². The second-order valence-corrected chi connectivity index (χ2v) is 7.01. The number of fused-ring (bicyclic) bond motifs is 1. The first-order chi connectivity index (χ1) is 14.9. The number of methoxy groups -OCH3 is 1. The Balaban J connectivity index is 1.77. The largest absolute Gasteiger partial charge is 0.493 e. The highest BCUT2D eigenvalue weighted by Crippen LogP contribution is 2.36. The molecule has 3 heterocycles. The monoisotopic (exact) mass is 446 g/mol. The molecule has 160 valence electrons. The summed E-state index contributed by atoms with van der Waals surface area (Å²) in [6.45, 7) is 0. The Labute approximate surface area is 179 Å². The third kappa shape index (κ3) is 4.02. The van der Waals surface area contributed by atoms with Crippen LogP contribution in [0.25, 0.3) is 11.0 Å². The van der Waals surface area contributed by atoms with Gasteiger partial charge in [-0.1, -0.05) is 17.7 Å². The number of halogens is 3. The number of anilines is 4. The zero-order valence-electron chi connectivity index (χ0n) is 16.4. The average Bonchev–Trinajstić information content (AvgIpc) is 3.02. The first-order valence-corrected chi connectivity index (χ1v) is 9.45. The summed E-state index contributed by atoms with van der Waals surface area (Å²) < 4.78 is 32.2. The third-order valence-electron chi connectivity index (χ3n) is 4.55. The van der Waals surface area contributed by atoms with Gasteiger partial charge in [0, 0.05) is 24.9 Å². The van der Waals surface area contributed by atoms with Crippen LogP contribution in [0.3, 0.4) is 0 Å². The number of alkyl halides is 2. The number of aromatic amines is 1. The highest BCUT2D eigenvalue weighted by molar-refractivity contribution is 6.32. The van der Waals surface area contributed by atoms with Crippen LogP contribution in [0.2, 0.25) is 5.02 Å². The molecule has 8 nitrogen and oxygen atoms in total. The molecule has 0 aliphatic rings. The van der Waals surface area contributed by atoms with Gasteiger partial charge in [-0.3, -0.25) is 14.6 Å².